The van der Waals surface area contributed by atoms with Gasteiger partial charge in [-0.2, -0.15) is 0 Å². The normalized spacial score (nSPS) is 40.6. The topological polar surface area (TPSA) is 20.2 Å². The van der Waals surface area contributed by atoms with Gasteiger partial charge < -0.3 is 5.11 Å². The van der Waals surface area contributed by atoms with Crippen LogP contribution in [-0.2, 0) is 0 Å². The zero-order chi connectivity index (χ0) is 17.5. The Morgan fingerprint density at radius 1 is 0.958 bits per heavy atom. The van der Waals surface area contributed by atoms with Crippen LogP contribution in [0.2, 0.25) is 0 Å². The molecule has 3 heteroatoms. The first-order valence-corrected chi connectivity index (χ1v) is 11.3. The van der Waals surface area contributed by atoms with E-state index in [2.05, 4.69) is 82.2 Å². The van der Waals surface area contributed by atoms with Gasteiger partial charge >= 0.3 is 0 Å². The molecule has 7 atom stereocenters. The second-order valence-electron chi connectivity index (χ2n) is 7.40. The Morgan fingerprint density at radius 2 is 1.58 bits per heavy atom. The van der Waals surface area contributed by atoms with Crippen LogP contribution in [0.4, 0.5) is 0 Å². The van der Waals surface area contributed by atoms with Gasteiger partial charge in [0, 0.05) is 15.6 Å². The second-order valence-corrected chi connectivity index (χ2v) is 9.51. The van der Waals surface area contributed by atoms with E-state index in [1.165, 1.54) is 32.1 Å². The maximum Gasteiger partial charge on any atom is 0.0608 e. The monoisotopic (exact) mass is 458 g/mol. The molecule has 0 aromatic carbocycles. The summed E-state index contributed by atoms with van der Waals surface area (Å²) in [6, 6.07) is 0. The summed E-state index contributed by atoms with van der Waals surface area (Å²) in [5.74, 6) is 2.84. The van der Waals surface area contributed by atoms with Gasteiger partial charge in [0.2, 0.25) is 0 Å². The standard InChI is InChI=1S/C7H8Br2.C7H10O.C7H14/c8-6-4-1-2-5(3-4)7(6)9;8-7-4-5-1-2-6(7)3-5;1-3-5-7-6-4-2/h1-2,4-7H,3H2;1-2,5-8H,3-4H2;3,5H,4,6-7H2,1-2H3. The summed E-state index contributed by atoms with van der Waals surface area (Å²) in [7, 11) is 0. The van der Waals surface area contributed by atoms with E-state index in [1.54, 1.807) is 0 Å². The molecule has 4 aliphatic rings. The van der Waals surface area contributed by atoms with Gasteiger partial charge in [-0.3, -0.25) is 0 Å². The molecule has 2 saturated carbocycles. The Bertz CT molecular complexity index is 441. The molecule has 4 aliphatic carbocycles. The van der Waals surface area contributed by atoms with Crippen molar-refractivity contribution in [2.75, 3.05) is 0 Å². The summed E-state index contributed by atoms with van der Waals surface area (Å²) in [5.41, 5.74) is 0. The van der Waals surface area contributed by atoms with Crippen LogP contribution in [0.15, 0.2) is 36.5 Å². The number of aliphatic hydroxyl groups excluding tert-OH is 1. The van der Waals surface area contributed by atoms with Crippen molar-refractivity contribution in [3.63, 3.8) is 0 Å². The van der Waals surface area contributed by atoms with Gasteiger partial charge in [-0.05, 0) is 50.4 Å². The van der Waals surface area contributed by atoms with Crippen LogP contribution in [-0.4, -0.2) is 20.9 Å². The highest BCUT2D eigenvalue weighted by Crippen LogP contribution is 2.46. The summed E-state index contributed by atoms with van der Waals surface area (Å²) in [6.45, 7) is 4.28. The fourth-order valence-corrected chi connectivity index (χ4v) is 5.51. The van der Waals surface area contributed by atoms with E-state index in [4.69, 9.17) is 5.11 Å². The molecule has 1 N–H and O–H groups in total. The highest BCUT2D eigenvalue weighted by Gasteiger charge is 2.41. The largest absolute Gasteiger partial charge is 0.392 e. The second kappa shape index (κ2) is 10.3. The van der Waals surface area contributed by atoms with Crippen LogP contribution in [0.25, 0.3) is 0 Å². The molecule has 136 valence electrons. The van der Waals surface area contributed by atoms with Crippen molar-refractivity contribution in [1.29, 1.82) is 0 Å². The molecule has 0 spiro atoms. The molecule has 0 heterocycles. The lowest BCUT2D eigenvalue weighted by Gasteiger charge is -2.16. The maximum atomic E-state index is 9.17. The van der Waals surface area contributed by atoms with Gasteiger partial charge in [-0.25, -0.2) is 0 Å². The van der Waals surface area contributed by atoms with Gasteiger partial charge in [0.25, 0.3) is 0 Å². The minimum atomic E-state index is -0.00926. The Morgan fingerprint density at radius 3 is 1.88 bits per heavy atom. The number of hydrogen-bond donors (Lipinski definition) is 1. The minimum absolute atomic E-state index is 0.00926. The number of rotatable bonds is 3. The highest BCUT2D eigenvalue weighted by molar-refractivity contribution is 9.12. The van der Waals surface area contributed by atoms with E-state index in [-0.39, 0.29) is 6.10 Å². The number of alkyl halides is 2. The van der Waals surface area contributed by atoms with Crippen molar-refractivity contribution in [1.82, 2.24) is 0 Å². The lowest BCUT2D eigenvalue weighted by Crippen LogP contribution is -2.18. The summed E-state index contributed by atoms with van der Waals surface area (Å²) >= 11 is 7.33. The number of fused-ring (bicyclic) bond motifs is 4. The molecule has 0 aromatic heterocycles. The number of unbranched alkanes of at least 4 members (excludes halogenated alkanes) is 2. The summed E-state index contributed by atoms with van der Waals surface area (Å²) in [6.07, 6.45) is 20.8. The van der Waals surface area contributed by atoms with Crippen molar-refractivity contribution in [2.24, 2.45) is 23.7 Å². The van der Waals surface area contributed by atoms with Crippen LogP contribution >= 0.6 is 31.9 Å². The number of hydrogen-bond acceptors (Lipinski definition) is 1. The molecule has 0 aliphatic heterocycles. The lowest BCUT2D eigenvalue weighted by atomic mass is 10.1. The SMILES string of the molecule is BrC1C2C=CC(C2)C1Br.CC=CCCCC.OC1CC2C=CC1C2. The third-order valence-corrected chi connectivity index (χ3v) is 8.68. The van der Waals surface area contributed by atoms with E-state index in [0.29, 0.717) is 15.6 Å². The third kappa shape index (κ3) is 5.57. The van der Waals surface area contributed by atoms with Gasteiger partial charge in [-0.1, -0.05) is 88.1 Å². The average Bonchev–Trinajstić information content (AvgIpc) is 3.34. The van der Waals surface area contributed by atoms with E-state index in [9.17, 15) is 0 Å². The van der Waals surface area contributed by atoms with Crippen LogP contribution in [0.1, 0.15) is 52.4 Å². The van der Waals surface area contributed by atoms with Crippen molar-refractivity contribution >= 4 is 31.9 Å². The number of allylic oxidation sites excluding steroid dienone is 5. The van der Waals surface area contributed by atoms with Crippen LogP contribution in [0, 0.1) is 23.7 Å². The van der Waals surface area contributed by atoms with Gasteiger partial charge in [0.15, 0.2) is 0 Å². The van der Waals surface area contributed by atoms with Crippen molar-refractivity contribution in [2.45, 2.75) is 68.1 Å². The maximum absolute atomic E-state index is 9.17. The van der Waals surface area contributed by atoms with Crippen LogP contribution < -0.4 is 0 Å². The molecule has 4 rings (SSSR count). The Balaban J connectivity index is 0.000000132. The first-order chi connectivity index (χ1) is 11.6. The predicted molar refractivity (Wildman–Crippen MR) is 112 cm³/mol. The minimum Gasteiger partial charge on any atom is -0.392 e. The number of aliphatic hydroxyl groups is 1. The van der Waals surface area contributed by atoms with Gasteiger partial charge in [-0.15, -0.1) is 0 Å². The van der Waals surface area contributed by atoms with Crippen LogP contribution in [0.3, 0.4) is 0 Å². The summed E-state index contributed by atoms with van der Waals surface area (Å²) in [4.78, 5) is 1.37. The van der Waals surface area contributed by atoms with Crippen molar-refractivity contribution in [3.8, 4) is 0 Å². The quantitative estimate of drug-likeness (QED) is 0.293. The fraction of sp³-hybridized carbons (Fsp3) is 0.714. The Kier molecular flexibility index (Phi) is 8.80. The zero-order valence-electron chi connectivity index (χ0n) is 15.0. The average molecular weight is 460 g/mol. The molecule has 1 nitrogen and oxygen atoms in total. The van der Waals surface area contributed by atoms with Crippen molar-refractivity contribution < 1.29 is 5.11 Å². The first-order valence-electron chi connectivity index (χ1n) is 9.50. The third-order valence-electron chi connectivity index (χ3n) is 5.48. The zero-order valence-corrected chi connectivity index (χ0v) is 18.1. The highest BCUT2D eigenvalue weighted by atomic mass is 79.9. The number of halogens is 2. The lowest BCUT2D eigenvalue weighted by molar-refractivity contribution is 0.148. The van der Waals surface area contributed by atoms with E-state index >= 15 is 0 Å². The van der Waals surface area contributed by atoms with E-state index in [0.717, 1.165) is 24.2 Å². The van der Waals surface area contributed by atoms with Crippen molar-refractivity contribution in [3.05, 3.63) is 36.5 Å². The van der Waals surface area contributed by atoms with E-state index in [1.807, 2.05) is 0 Å². The molecule has 24 heavy (non-hydrogen) atoms. The Hall–Kier alpha value is 0.140. The molecule has 4 bridgehead atoms. The molecule has 0 aromatic rings. The molecule has 2 fully saturated rings. The molecule has 0 saturated heterocycles. The smallest absolute Gasteiger partial charge is 0.0608 e. The molecule has 0 amide bonds. The molecular formula is C21H32Br2O. The summed E-state index contributed by atoms with van der Waals surface area (Å²) < 4.78 is 0. The summed E-state index contributed by atoms with van der Waals surface area (Å²) in [5, 5.41) is 9.17. The Labute approximate surface area is 164 Å². The molecular weight excluding hydrogens is 428 g/mol. The molecule has 7 unspecified atom stereocenters. The fourth-order valence-electron chi connectivity index (χ4n) is 3.94. The first kappa shape index (κ1) is 20.5. The predicted octanol–water partition coefficient (Wildman–Crippen LogP) is 6.42. The van der Waals surface area contributed by atoms with Gasteiger partial charge in [0.05, 0.1) is 6.10 Å². The van der Waals surface area contributed by atoms with E-state index < -0.39 is 0 Å². The van der Waals surface area contributed by atoms with Gasteiger partial charge in [0.1, 0.15) is 0 Å². The van der Waals surface area contributed by atoms with Crippen LogP contribution in [0.5, 0.6) is 0 Å². The molecule has 0 radical (unpaired) electrons.